The van der Waals surface area contributed by atoms with Crippen LogP contribution < -0.4 is 10.1 Å². The molecule has 0 unspecified atom stereocenters. The molecule has 0 amide bonds. The van der Waals surface area contributed by atoms with Crippen LogP contribution in [0.15, 0.2) is 83.7 Å². The molecule has 0 atom stereocenters. The molecule has 0 aliphatic rings. The minimum Gasteiger partial charge on any atom is -0.340 e. The third kappa shape index (κ3) is 2.81. The molecule has 6 aromatic rings. The largest absolute Gasteiger partial charge is 0.340 e. The average molecular weight is 422 g/mol. The van der Waals surface area contributed by atoms with Crippen LogP contribution in [0.1, 0.15) is 16.8 Å². The fourth-order valence-corrected chi connectivity index (χ4v) is 5.32. The fraction of sp³-hybridized carbons (Fsp3) is 0.0769. The monoisotopic (exact) mass is 421 g/mol. The van der Waals surface area contributed by atoms with Crippen molar-refractivity contribution >= 4 is 44.3 Å². The Hall–Kier alpha value is -3.70. The molecule has 0 aliphatic heterocycles. The number of aromatic nitrogens is 3. The maximum absolute atomic E-state index is 13.2. The molecular formula is C26H19N3OS. The van der Waals surface area contributed by atoms with Gasteiger partial charge in [-0.1, -0.05) is 72.0 Å². The quantitative estimate of drug-likeness (QED) is 0.413. The van der Waals surface area contributed by atoms with Gasteiger partial charge in [-0.25, -0.2) is 9.38 Å². The highest BCUT2D eigenvalue weighted by Crippen LogP contribution is 2.27. The van der Waals surface area contributed by atoms with Crippen LogP contribution in [0.5, 0.6) is 0 Å². The number of hydrogen-bond donors (Lipinski definition) is 0. The second-order valence-corrected chi connectivity index (χ2v) is 8.73. The molecule has 5 heteroatoms. The molecule has 6 rings (SSSR count). The Morgan fingerprint density at radius 1 is 0.903 bits per heavy atom. The van der Waals surface area contributed by atoms with E-state index in [1.54, 1.807) is 4.40 Å². The highest BCUT2D eigenvalue weighted by Gasteiger charge is 2.15. The van der Waals surface area contributed by atoms with E-state index in [4.69, 9.17) is 0 Å². The van der Waals surface area contributed by atoms with Crippen LogP contribution in [0, 0.1) is 6.92 Å². The molecule has 0 bridgehead atoms. The summed E-state index contributed by atoms with van der Waals surface area (Å²) in [5, 5.41) is 1.16. The van der Waals surface area contributed by atoms with Crippen LogP contribution in [0.3, 0.4) is 0 Å². The van der Waals surface area contributed by atoms with Crippen LogP contribution in [-0.4, -0.2) is 14.0 Å². The fourth-order valence-electron chi connectivity index (χ4n) is 4.35. The van der Waals surface area contributed by atoms with Crippen molar-refractivity contribution in [1.29, 1.82) is 0 Å². The van der Waals surface area contributed by atoms with Crippen molar-refractivity contribution in [1.82, 2.24) is 14.0 Å². The Morgan fingerprint density at radius 2 is 1.61 bits per heavy atom. The molecule has 0 N–H and O–H groups in total. The Labute approximate surface area is 182 Å². The number of imidazole rings is 1. The third-order valence-corrected chi connectivity index (χ3v) is 6.85. The minimum absolute atomic E-state index is 0.00649. The lowest BCUT2D eigenvalue weighted by Crippen LogP contribution is -2.22. The van der Waals surface area contributed by atoms with Crippen LogP contribution in [0.25, 0.3) is 33.0 Å². The molecule has 0 spiro atoms. The van der Waals surface area contributed by atoms with Gasteiger partial charge in [-0.15, -0.1) is 0 Å². The summed E-state index contributed by atoms with van der Waals surface area (Å²) in [6, 6.07) is 26.6. The zero-order valence-electron chi connectivity index (χ0n) is 16.9. The summed E-state index contributed by atoms with van der Waals surface area (Å²) in [6.07, 6.45) is 2.04. The Balaban J connectivity index is 1.59. The Morgan fingerprint density at radius 3 is 2.45 bits per heavy atom. The van der Waals surface area contributed by atoms with Crippen LogP contribution >= 0.6 is 11.3 Å². The third-order valence-electron chi connectivity index (χ3n) is 5.88. The number of nitrogens with zero attached hydrogens (tertiary/aromatic N) is 3. The van der Waals surface area contributed by atoms with Crippen LogP contribution in [-0.2, 0) is 6.54 Å². The summed E-state index contributed by atoms with van der Waals surface area (Å²) in [7, 11) is 0. The average Bonchev–Trinajstić information content (AvgIpc) is 3.40. The lowest BCUT2D eigenvalue weighted by Gasteiger charge is -2.08. The summed E-state index contributed by atoms with van der Waals surface area (Å²) in [5.41, 5.74) is 6.39. The molecule has 3 aromatic carbocycles. The van der Waals surface area contributed by atoms with Crippen molar-refractivity contribution < 1.29 is 0 Å². The summed E-state index contributed by atoms with van der Waals surface area (Å²) in [5.74, 6) is 0. The lowest BCUT2D eigenvalue weighted by molar-refractivity contribution is 0.804. The molecule has 31 heavy (non-hydrogen) atoms. The maximum Gasteiger partial charge on any atom is 0.274 e. The number of para-hydroxylation sites is 3. The molecular weight excluding hydrogens is 402 g/mol. The van der Waals surface area contributed by atoms with Crippen molar-refractivity contribution in [2.75, 3.05) is 0 Å². The van der Waals surface area contributed by atoms with Crippen molar-refractivity contribution in [3.8, 4) is 0 Å². The molecule has 0 saturated carbocycles. The topological polar surface area (TPSA) is 39.3 Å². The van der Waals surface area contributed by atoms with E-state index in [9.17, 15) is 4.79 Å². The van der Waals surface area contributed by atoms with E-state index in [1.807, 2.05) is 36.4 Å². The van der Waals surface area contributed by atoms with Crippen molar-refractivity contribution in [2.24, 2.45) is 0 Å². The molecule has 0 radical (unpaired) electrons. The summed E-state index contributed by atoms with van der Waals surface area (Å²) in [6.45, 7) is 2.93. The van der Waals surface area contributed by atoms with Crippen molar-refractivity contribution in [3.05, 3.63) is 111 Å². The predicted octanol–water partition coefficient (Wildman–Crippen LogP) is 4.77. The van der Waals surface area contributed by atoms with E-state index < -0.39 is 0 Å². The Kier molecular flexibility index (Phi) is 4.04. The Bertz CT molecular complexity index is 1690. The van der Waals surface area contributed by atoms with Gasteiger partial charge in [-0.3, -0.25) is 4.79 Å². The highest BCUT2D eigenvalue weighted by molar-refractivity contribution is 7.15. The van der Waals surface area contributed by atoms with Gasteiger partial charge < -0.3 is 4.57 Å². The first-order valence-electron chi connectivity index (χ1n) is 10.2. The predicted molar refractivity (Wildman–Crippen MR) is 128 cm³/mol. The molecule has 0 fully saturated rings. The summed E-state index contributed by atoms with van der Waals surface area (Å²) >= 11 is 1.45. The molecule has 0 saturated heterocycles. The minimum atomic E-state index is -0.00649. The molecule has 3 heterocycles. The van der Waals surface area contributed by atoms with E-state index in [1.165, 1.54) is 22.4 Å². The van der Waals surface area contributed by atoms with E-state index in [0.29, 0.717) is 4.53 Å². The molecule has 0 aliphatic carbocycles. The molecule has 150 valence electrons. The smallest absolute Gasteiger partial charge is 0.274 e. The first-order valence-corrected chi connectivity index (χ1v) is 11.1. The SMILES string of the molecule is Cc1c(/C=c2\sc3nc4ccccc4n3c2=O)c2ccccc2n1Cc1ccccc1. The van der Waals surface area contributed by atoms with Crippen LogP contribution in [0.4, 0.5) is 0 Å². The summed E-state index contributed by atoms with van der Waals surface area (Å²) in [4.78, 5) is 18.6. The molecule has 4 nitrogen and oxygen atoms in total. The van der Waals surface area contributed by atoms with E-state index in [2.05, 4.69) is 65.0 Å². The first-order chi connectivity index (χ1) is 15.2. The maximum atomic E-state index is 13.2. The van der Waals surface area contributed by atoms with Gasteiger partial charge in [0.25, 0.3) is 5.56 Å². The number of hydrogen-bond acceptors (Lipinski definition) is 3. The standard InChI is InChI=1S/C26H19N3OS/c1-17-20(15-24-25(30)29-23-14-8-6-12-21(23)27-26(29)31-24)19-11-5-7-13-22(19)28(17)16-18-9-3-2-4-10-18/h2-15H,16H2,1H3/b24-15-. The second-order valence-electron chi connectivity index (χ2n) is 7.72. The van der Waals surface area contributed by atoms with E-state index in [-0.39, 0.29) is 5.56 Å². The van der Waals surface area contributed by atoms with Gasteiger partial charge in [0.15, 0.2) is 4.96 Å². The van der Waals surface area contributed by atoms with Gasteiger partial charge in [0.05, 0.1) is 15.6 Å². The van der Waals surface area contributed by atoms with E-state index >= 15 is 0 Å². The first kappa shape index (κ1) is 18.1. The lowest BCUT2D eigenvalue weighted by atomic mass is 10.1. The molecule has 3 aromatic heterocycles. The number of rotatable bonds is 3. The van der Waals surface area contributed by atoms with Crippen molar-refractivity contribution in [2.45, 2.75) is 13.5 Å². The van der Waals surface area contributed by atoms with Gasteiger partial charge in [-0.05, 0) is 36.8 Å². The zero-order chi connectivity index (χ0) is 20.9. The second kappa shape index (κ2) is 6.93. The van der Waals surface area contributed by atoms with Gasteiger partial charge in [-0.2, -0.15) is 0 Å². The van der Waals surface area contributed by atoms with Crippen molar-refractivity contribution in [3.63, 3.8) is 0 Å². The van der Waals surface area contributed by atoms with Crippen LogP contribution in [0.2, 0.25) is 0 Å². The number of benzene rings is 3. The number of fused-ring (bicyclic) bond motifs is 4. The van der Waals surface area contributed by atoms with Gasteiger partial charge in [0.1, 0.15) is 0 Å². The normalized spacial score (nSPS) is 12.5. The van der Waals surface area contributed by atoms with Gasteiger partial charge in [0.2, 0.25) is 0 Å². The van der Waals surface area contributed by atoms with Gasteiger partial charge in [0, 0.05) is 28.7 Å². The zero-order valence-corrected chi connectivity index (χ0v) is 17.8. The van der Waals surface area contributed by atoms with Gasteiger partial charge >= 0.3 is 0 Å². The summed E-state index contributed by atoms with van der Waals surface area (Å²) < 4.78 is 4.76. The highest BCUT2D eigenvalue weighted by atomic mass is 32.1. The number of thiazole rings is 1. The van der Waals surface area contributed by atoms with E-state index in [0.717, 1.165) is 39.2 Å².